The third-order valence-electron chi connectivity index (χ3n) is 5.25. The first-order valence-corrected chi connectivity index (χ1v) is 9.37. The van der Waals surface area contributed by atoms with E-state index in [2.05, 4.69) is 10.2 Å². The van der Waals surface area contributed by atoms with Crippen molar-refractivity contribution in [2.24, 2.45) is 16.1 Å². The summed E-state index contributed by atoms with van der Waals surface area (Å²) in [6.07, 6.45) is 7.04. The second-order valence-corrected chi connectivity index (χ2v) is 7.08. The van der Waals surface area contributed by atoms with Crippen molar-refractivity contribution in [3.05, 3.63) is 95.1 Å². The van der Waals surface area contributed by atoms with Crippen molar-refractivity contribution in [2.75, 3.05) is 0 Å². The van der Waals surface area contributed by atoms with Crippen LogP contribution in [0.1, 0.15) is 16.7 Å². The SMILES string of the molecule is O=C1N=NC(c2ccc(OC(=O)N3Cc4ccccc4C3)cc2)=C2C=CC=CC12. The Labute approximate surface area is 167 Å². The minimum absolute atomic E-state index is 0.262. The van der Waals surface area contributed by atoms with Gasteiger partial charge in [-0.05, 0) is 41.0 Å². The number of amides is 2. The Morgan fingerprint density at radius 1 is 0.966 bits per heavy atom. The first-order chi connectivity index (χ1) is 14.2. The van der Waals surface area contributed by atoms with Crippen molar-refractivity contribution in [1.82, 2.24) is 4.90 Å². The van der Waals surface area contributed by atoms with Crippen LogP contribution in [0.3, 0.4) is 0 Å². The molecule has 1 unspecified atom stereocenters. The number of benzene rings is 2. The van der Waals surface area contributed by atoms with Gasteiger partial charge in [-0.2, -0.15) is 0 Å². The number of allylic oxidation sites excluding steroid dienone is 3. The van der Waals surface area contributed by atoms with Crippen molar-refractivity contribution in [3.63, 3.8) is 0 Å². The minimum atomic E-state index is -0.387. The highest BCUT2D eigenvalue weighted by molar-refractivity contribution is 5.91. The number of hydrogen-bond acceptors (Lipinski definition) is 4. The van der Waals surface area contributed by atoms with Gasteiger partial charge < -0.3 is 4.74 Å². The fraction of sp³-hybridized carbons (Fsp3) is 0.130. The van der Waals surface area contributed by atoms with Crippen LogP contribution in [0.15, 0.2) is 88.6 Å². The molecule has 1 atom stereocenters. The summed E-state index contributed by atoms with van der Waals surface area (Å²) in [6, 6.07) is 15.1. The molecule has 2 amide bonds. The molecule has 6 heteroatoms. The molecule has 0 spiro atoms. The average molecular weight is 383 g/mol. The fourth-order valence-electron chi connectivity index (χ4n) is 3.74. The Kier molecular flexibility index (Phi) is 4.17. The van der Waals surface area contributed by atoms with E-state index in [0.29, 0.717) is 24.5 Å². The lowest BCUT2D eigenvalue weighted by molar-refractivity contribution is -0.119. The molecule has 2 aromatic rings. The lowest BCUT2D eigenvalue weighted by atomic mass is 9.89. The number of nitrogens with zero attached hydrogens (tertiary/aromatic N) is 3. The molecule has 0 saturated heterocycles. The zero-order valence-electron chi connectivity index (χ0n) is 15.5. The molecule has 0 fully saturated rings. The molecule has 142 valence electrons. The third kappa shape index (κ3) is 3.18. The molecule has 3 aliphatic rings. The molecule has 2 aromatic carbocycles. The second-order valence-electron chi connectivity index (χ2n) is 7.08. The minimum Gasteiger partial charge on any atom is -0.410 e. The Morgan fingerprint density at radius 3 is 2.41 bits per heavy atom. The predicted octanol–water partition coefficient (Wildman–Crippen LogP) is 4.65. The Morgan fingerprint density at radius 2 is 1.69 bits per heavy atom. The van der Waals surface area contributed by atoms with Gasteiger partial charge in [0.05, 0.1) is 11.6 Å². The van der Waals surface area contributed by atoms with Gasteiger partial charge in [0.25, 0.3) is 5.91 Å². The van der Waals surface area contributed by atoms with Gasteiger partial charge >= 0.3 is 6.09 Å². The molecule has 0 aromatic heterocycles. The van der Waals surface area contributed by atoms with Gasteiger partial charge in [-0.25, -0.2) is 4.79 Å². The molecule has 0 bridgehead atoms. The van der Waals surface area contributed by atoms with E-state index in [0.717, 1.165) is 22.3 Å². The highest BCUT2D eigenvalue weighted by Gasteiger charge is 2.28. The van der Waals surface area contributed by atoms with Gasteiger partial charge in [-0.15, -0.1) is 10.2 Å². The van der Waals surface area contributed by atoms with Gasteiger partial charge in [0.15, 0.2) is 0 Å². The maximum atomic E-state index is 12.5. The molecule has 0 N–H and O–H groups in total. The number of hydrogen-bond donors (Lipinski definition) is 0. The smallest absolute Gasteiger partial charge is 0.410 e. The van der Waals surface area contributed by atoms with E-state index < -0.39 is 0 Å². The van der Waals surface area contributed by atoms with Gasteiger partial charge in [0, 0.05) is 18.7 Å². The Hall–Kier alpha value is -3.80. The summed E-state index contributed by atoms with van der Waals surface area (Å²) in [7, 11) is 0. The number of ether oxygens (including phenoxy) is 1. The summed E-state index contributed by atoms with van der Waals surface area (Å²) in [6.45, 7) is 1.11. The van der Waals surface area contributed by atoms with Crippen molar-refractivity contribution in [3.8, 4) is 5.75 Å². The van der Waals surface area contributed by atoms with Crippen LogP contribution >= 0.6 is 0 Å². The summed E-state index contributed by atoms with van der Waals surface area (Å²) < 4.78 is 5.53. The van der Waals surface area contributed by atoms with E-state index in [1.807, 2.05) is 60.7 Å². The largest absolute Gasteiger partial charge is 0.415 e. The van der Waals surface area contributed by atoms with E-state index in [-0.39, 0.29) is 17.9 Å². The Balaban J connectivity index is 1.32. The number of carbonyl (C=O) groups excluding carboxylic acids is 2. The fourth-order valence-corrected chi connectivity index (χ4v) is 3.74. The number of carbonyl (C=O) groups is 2. The predicted molar refractivity (Wildman–Crippen MR) is 107 cm³/mol. The lowest BCUT2D eigenvalue weighted by Gasteiger charge is -2.19. The van der Waals surface area contributed by atoms with E-state index >= 15 is 0 Å². The topological polar surface area (TPSA) is 71.3 Å². The van der Waals surface area contributed by atoms with Crippen LogP contribution in [0.4, 0.5) is 4.79 Å². The molecule has 5 rings (SSSR count). The van der Waals surface area contributed by atoms with Crippen molar-refractivity contribution >= 4 is 17.7 Å². The monoisotopic (exact) mass is 383 g/mol. The molecule has 2 heterocycles. The van der Waals surface area contributed by atoms with Crippen LogP contribution in [0.2, 0.25) is 0 Å². The van der Waals surface area contributed by atoms with Crippen molar-refractivity contribution < 1.29 is 14.3 Å². The zero-order chi connectivity index (χ0) is 19.8. The highest BCUT2D eigenvalue weighted by Crippen LogP contribution is 2.34. The van der Waals surface area contributed by atoms with E-state index in [1.165, 1.54) is 0 Å². The maximum Gasteiger partial charge on any atom is 0.415 e. The van der Waals surface area contributed by atoms with Crippen molar-refractivity contribution in [2.45, 2.75) is 13.1 Å². The van der Waals surface area contributed by atoms with Gasteiger partial charge in [0.1, 0.15) is 5.75 Å². The number of rotatable bonds is 2. The van der Waals surface area contributed by atoms with Crippen LogP contribution < -0.4 is 4.74 Å². The molecule has 2 aliphatic heterocycles. The zero-order valence-corrected chi connectivity index (χ0v) is 15.5. The quantitative estimate of drug-likeness (QED) is 0.758. The second kappa shape index (κ2) is 6.98. The molecular weight excluding hydrogens is 366 g/mol. The lowest BCUT2D eigenvalue weighted by Crippen LogP contribution is -2.28. The normalized spacial score (nSPS) is 19.4. The Bertz CT molecular complexity index is 1100. The summed E-state index contributed by atoms with van der Waals surface area (Å²) in [5.41, 5.74) is 4.59. The first-order valence-electron chi connectivity index (χ1n) is 9.37. The standard InChI is InChI=1S/C23H17N3O3/c27-22-20-8-4-3-7-19(20)21(24-25-22)15-9-11-18(12-10-15)29-23(28)26-13-16-5-1-2-6-17(16)14-26/h1-12,20H,13-14H2. The molecular formula is C23H17N3O3. The van der Waals surface area contributed by atoms with Crippen molar-refractivity contribution in [1.29, 1.82) is 0 Å². The molecule has 29 heavy (non-hydrogen) atoms. The number of azo groups is 1. The summed E-state index contributed by atoms with van der Waals surface area (Å²) in [4.78, 5) is 26.1. The van der Waals surface area contributed by atoms with E-state index in [4.69, 9.17) is 4.74 Å². The van der Waals surface area contributed by atoms with Gasteiger partial charge in [-0.3, -0.25) is 9.69 Å². The summed E-state index contributed by atoms with van der Waals surface area (Å²) in [5.74, 6) is -0.192. The maximum absolute atomic E-state index is 12.5. The van der Waals surface area contributed by atoms with Crippen LogP contribution in [-0.4, -0.2) is 16.9 Å². The van der Waals surface area contributed by atoms with Gasteiger partial charge in [-0.1, -0.05) is 48.6 Å². The van der Waals surface area contributed by atoms with Crippen LogP contribution in [0, 0.1) is 5.92 Å². The van der Waals surface area contributed by atoms with E-state index in [9.17, 15) is 9.59 Å². The number of fused-ring (bicyclic) bond motifs is 2. The summed E-state index contributed by atoms with van der Waals surface area (Å²) >= 11 is 0. The molecule has 1 aliphatic carbocycles. The van der Waals surface area contributed by atoms with Crippen LogP contribution in [0.25, 0.3) is 5.70 Å². The molecule has 6 nitrogen and oxygen atoms in total. The average Bonchev–Trinajstić information content (AvgIpc) is 3.20. The van der Waals surface area contributed by atoms with Crippen LogP contribution in [0.5, 0.6) is 5.75 Å². The van der Waals surface area contributed by atoms with E-state index in [1.54, 1.807) is 17.0 Å². The highest BCUT2D eigenvalue weighted by atomic mass is 16.6. The van der Waals surface area contributed by atoms with Gasteiger partial charge in [0.2, 0.25) is 0 Å². The molecule has 0 saturated carbocycles. The van der Waals surface area contributed by atoms with Crippen LogP contribution in [-0.2, 0) is 17.9 Å². The molecule has 0 radical (unpaired) electrons. The summed E-state index contributed by atoms with van der Waals surface area (Å²) in [5, 5.41) is 7.86. The first kappa shape index (κ1) is 17.3. The third-order valence-corrected chi connectivity index (χ3v) is 5.25.